The van der Waals surface area contributed by atoms with E-state index in [1.807, 2.05) is 6.07 Å². The molecule has 0 unspecified atom stereocenters. The van der Waals surface area contributed by atoms with Crippen LogP contribution in [0.1, 0.15) is 25.5 Å². The van der Waals surface area contributed by atoms with Crippen molar-refractivity contribution in [2.45, 2.75) is 19.8 Å². The van der Waals surface area contributed by atoms with Gasteiger partial charge in [0, 0.05) is 10.6 Å². The van der Waals surface area contributed by atoms with Crippen LogP contribution in [0.25, 0.3) is 11.3 Å². The average molecular weight is 419 g/mol. The Labute approximate surface area is 171 Å². The molecule has 144 valence electrons. The summed E-state index contributed by atoms with van der Waals surface area (Å²) in [4.78, 5) is 12.5. The van der Waals surface area contributed by atoms with Gasteiger partial charge in [0.2, 0.25) is 5.88 Å². The number of nitriles is 1. The highest BCUT2D eigenvalue weighted by Crippen LogP contribution is 2.42. The Hall–Kier alpha value is -2.88. The number of hydrogen-bond donors (Lipinski definition) is 1. The van der Waals surface area contributed by atoms with Crippen LogP contribution < -0.4 is 5.73 Å². The van der Waals surface area contributed by atoms with Gasteiger partial charge >= 0.3 is 5.97 Å². The molecule has 1 aliphatic rings. The van der Waals surface area contributed by atoms with Crippen molar-refractivity contribution in [2.24, 2.45) is 5.73 Å². The number of esters is 1. The van der Waals surface area contributed by atoms with Crippen molar-refractivity contribution < 1.29 is 18.7 Å². The number of furan rings is 1. The SMILES string of the molecule is CCOC(=O)C1=C(C)OC(N)=C(C#N)[C@@H]1c1ccc(-c2ccc(Cl)cc2Cl)o1. The quantitative estimate of drug-likeness (QED) is 0.708. The van der Waals surface area contributed by atoms with Crippen molar-refractivity contribution in [2.75, 3.05) is 6.61 Å². The fraction of sp³-hybridized carbons (Fsp3) is 0.200. The summed E-state index contributed by atoms with van der Waals surface area (Å²) < 4.78 is 16.5. The van der Waals surface area contributed by atoms with E-state index >= 15 is 0 Å². The first-order valence-electron chi connectivity index (χ1n) is 8.38. The van der Waals surface area contributed by atoms with Crippen LogP contribution in [0, 0.1) is 11.3 Å². The van der Waals surface area contributed by atoms with Gasteiger partial charge in [0.05, 0.1) is 23.1 Å². The fourth-order valence-corrected chi connectivity index (χ4v) is 3.48. The maximum atomic E-state index is 12.5. The van der Waals surface area contributed by atoms with Crippen molar-refractivity contribution in [1.82, 2.24) is 0 Å². The van der Waals surface area contributed by atoms with E-state index in [1.165, 1.54) is 0 Å². The van der Waals surface area contributed by atoms with E-state index in [0.717, 1.165) is 0 Å². The second kappa shape index (κ2) is 8.01. The number of rotatable bonds is 4. The molecule has 6 nitrogen and oxygen atoms in total. The lowest BCUT2D eigenvalue weighted by molar-refractivity contribution is -0.139. The number of ether oxygens (including phenoxy) is 2. The summed E-state index contributed by atoms with van der Waals surface area (Å²) in [7, 11) is 0. The molecule has 0 aliphatic carbocycles. The zero-order valence-electron chi connectivity index (χ0n) is 15.1. The molecule has 0 saturated carbocycles. The van der Waals surface area contributed by atoms with Gasteiger partial charge in [-0.25, -0.2) is 4.79 Å². The minimum Gasteiger partial charge on any atom is -0.463 e. The Bertz CT molecular complexity index is 1050. The first kappa shape index (κ1) is 19.9. The second-order valence-corrected chi connectivity index (χ2v) is 6.78. The van der Waals surface area contributed by atoms with Gasteiger partial charge in [-0.2, -0.15) is 5.26 Å². The van der Waals surface area contributed by atoms with Gasteiger partial charge in [-0.15, -0.1) is 0 Å². The van der Waals surface area contributed by atoms with Crippen molar-refractivity contribution in [3.05, 3.63) is 68.9 Å². The molecule has 2 heterocycles. The average Bonchev–Trinajstić information content (AvgIpc) is 3.10. The topological polar surface area (TPSA) is 98.5 Å². The summed E-state index contributed by atoms with van der Waals surface area (Å²) in [5.41, 5.74) is 6.73. The largest absolute Gasteiger partial charge is 0.463 e. The molecule has 0 fully saturated rings. The molecule has 3 rings (SSSR count). The molecular weight excluding hydrogens is 403 g/mol. The molecule has 0 amide bonds. The Balaban J connectivity index is 2.10. The first-order valence-corrected chi connectivity index (χ1v) is 9.13. The Morgan fingerprint density at radius 1 is 1.32 bits per heavy atom. The van der Waals surface area contributed by atoms with Crippen molar-refractivity contribution in [1.29, 1.82) is 5.26 Å². The standard InChI is InChI=1S/C20H16Cl2N2O4/c1-3-26-20(25)17-10(2)27-19(24)13(9-23)18(17)16-7-6-15(28-16)12-5-4-11(21)8-14(12)22/h4-8,18H,3,24H2,1-2H3/t18-/m1/s1. The molecule has 2 N–H and O–H groups in total. The van der Waals surface area contributed by atoms with E-state index < -0.39 is 11.9 Å². The number of nitrogens with two attached hydrogens (primary N) is 1. The monoisotopic (exact) mass is 418 g/mol. The number of allylic oxidation sites excluding steroid dienone is 2. The molecule has 0 radical (unpaired) electrons. The van der Waals surface area contributed by atoms with Crippen LogP contribution in [0.15, 0.2) is 57.5 Å². The van der Waals surface area contributed by atoms with E-state index in [9.17, 15) is 10.1 Å². The van der Waals surface area contributed by atoms with Gasteiger partial charge < -0.3 is 19.6 Å². The Morgan fingerprint density at radius 3 is 2.71 bits per heavy atom. The molecule has 8 heteroatoms. The highest BCUT2D eigenvalue weighted by Gasteiger charge is 2.38. The van der Waals surface area contributed by atoms with Gasteiger partial charge in [-0.3, -0.25) is 0 Å². The number of carbonyl (C=O) groups excluding carboxylic acids is 1. The van der Waals surface area contributed by atoms with Crippen LogP contribution in [-0.4, -0.2) is 12.6 Å². The minimum absolute atomic E-state index is 0.0664. The number of carbonyl (C=O) groups is 1. The summed E-state index contributed by atoms with van der Waals surface area (Å²) in [5, 5.41) is 10.5. The molecule has 0 saturated heterocycles. The zero-order valence-corrected chi connectivity index (χ0v) is 16.6. The van der Waals surface area contributed by atoms with Gasteiger partial charge in [0.25, 0.3) is 0 Å². The zero-order chi connectivity index (χ0) is 20.4. The molecular formula is C20H16Cl2N2O4. The Kier molecular flexibility index (Phi) is 5.68. The minimum atomic E-state index is -0.849. The van der Waals surface area contributed by atoms with E-state index in [0.29, 0.717) is 27.1 Å². The number of benzene rings is 1. The van der Waals surface area contributed by atoms with E-state index in [2.05, 4.69) is 0 Å². The normalized spacial score (nSPS) is 16.6. The van der Waals surface area contributed by atoms with Crippen molar-refractivity contribution >= 4 is 29.2 Å². The molecule has 2 aromatic rings. The van der Waals surface area contributed by atoms with Crippen LogP contribution in [0.3, 0.4) is 0 Å². The van der Waals surface area contributed by atoms with Gasteiger partial charge in [-0.05, 0) is 44.2 Å². The molecule has 0 spiro atoms. The third-order valence-corrected chi connectivity index (χ3v) is 4.76. The van der Waals surface area contributed by atoms with Gasteiger partial charge in [0.1, 0.15) is 28.9 Å². The molecule has 1 aliphatic heterocycles. The van der Waals surface area contributed by atoms with Crippen molar-refractivity contribution in [3.8, 4) is 17.4 Å². The fourth-order valence-electron chi connectivity index (χ4n) is 2.98. The van der Waals surface area contributed by atoms with Crippen LogP contribution in [-0.2, 0) is 14.3 Å². The molecule has 1 aromatic carbocycles. The van der Waals surface area contributed by atoms with E-state index in [1.54, 1.807) is 44.2 Å². The maximum absolute atomic E-state index is 12.5. The van der Waals surface area contributed by atoms with Crippen molar-refractivity contribution in [3.63, 3.8) is 0 Å². The summed E-state index contributed by atoms with van der Waals surface area (Å²) in [5.74, 6) is -0.487. The summed E-state index contributed by atoms with van der Waals surface area (Å²) in [6.45, 7) is 3.45. The summed E-state index contributed by atoms with van der Waals surface area (Å²) >= 11 is 12.2. The number of nitrogens with zero attached hydrogens (tertiary/aromatic N) is 1. The van der Waals surface area contributed by atoms with Crippen LogP contribution in [0.4, 0.5) is 0 Å². The third kappa shape index (κ3) is 3.59. The van der Waals surface area contributed by atoms with E-state index in [4.69, 9.17) is 42.8 Å². The summed E-state index contributed by atoms with van der Waals surface area (Å²) in [6.07, 6.45) is 0. The summed E-state index contributed by atoms with van der Waals surface area (Å²) in [6, 6.07) is 10.4. The highest BCUT2D eigenvalue weighted by atomic mass is 35.5. The van der Waals surface area contributed by atoms with Crippen LogP contribution in [0.2, 0.25) is 10.0 Å². The van der Waals surface area contributed by atoms with Gasteiger partial charge in [0.15, 0.2) is 0 Å². The Morgan fingerprint density at radius 2 is 2.07 bits per heavy atom. The maximum Gasteiger partial charge on any atom is 0.338 e. The van der Waals surface area contributed by atoms with E-state index in [-0.39, 0.29) is 29.4 Å². The lowest BCUT2D eigenvalue weighted by atomic mass is 9.87. The first-order chi connectivity index (χ1) is 13.4. The smallest absolute Gasteiger partial charge is 0.338 e. The highest BCUT2D eigenvalue weighted by molar-refractivity contribution is 6.36. The molecule has 1 atom stereocenters. The molecule has 1 aromatic heterocycles. The number of hydrogen-bond acceptors (Lipinski definition) is 6. The second-order valence-electron chi connectivity index (χ2n) is 5.94. The number of halogens is 2. The lowest BCUT2D eigenvalue weighted by Gasteiger charge is -2.25. The predicted molar refractivity (Wildman–Crippen MR) is 104 cm³/mol. The van der Waals surface area contributed by atoms with Crippen LogP contribution >= 0.6 is 23.2 Å². The predicted octanol–water partition coefficient (Wildman–Crippen LogP) is 4.90. The molecule has 28 heavy (non-hydrogen) atoms. The molecule has 0 bridgehead atoms. The van der Waals surface area contributed by atoms with Gasteiger partial charge in [-0.1, -0.05) is 23.2 Å². The third-order valence-electron chi connectivity index (χ3n) is 4.21. The van der Waals surface area contributed by atoms with Crippen LogP contribution in [0.5, 0.6) is 0 Å². The lowest BCUT2D eigenvalue weighted by Crippen LogP contribution is -2.25.